The van der Waals surface area contributed by atoms with E-state index in [4.69, 9.17) is 10.6 Å². The van der Waals surface area contributed by atoms with Crippen LogP contribution in [0.15, 0.2) is 36.9 Å². The van der Waals surface area contributed by atoms with Crippen LogP contribution in [-0.2, 0) is 6.42 Å². The van der Waals surface area contributed by atoms with E-state index in [1.807, 2.05) is 18.2 Å². The fourth-order valence-electron chi connectivity index (χ4n) is 1.60. The molecule has 0 spiro atoms. The van der Waals surface area contributed by atoms with Gasteiger partial charge in [0.1, 0.15) is 5.75 Å². The molecular formula is C13H20N2O. The minimum Gasteiger partial charge on any atom is -0.497 e. The van der Waals surface area contributed by atoms with Crippen LogP contribution in [0.3, 0.4) is 0 Å². The molecule has 0 saturated heterocycles. The van der Waals surface area contributed by atoms with Crippen LogP contribution in [0.5, 0.6) is 5.75 Å². The van der Waals surface area contributed by atoms with Gasteiger partial charge in [-0.25, -0.2) is 0 Å². The zero-order valence-electron chi connectivity index (χ0n) is 9.78. The van der Waals surface area contributed by atoms with Crippen LogP contribution in [0.2, 0.25) is 0 Å². The molecule has 0 aliphatic rings. The largest absolute Gasteiger partial charge is 0.497 e. The molecule has 1 unspecified atom stereocenters. The molecule has 16 heavy (non-hydrogen) atoms. The van der Waals surface area contributed by atoms with Crippen LogP contribution in [0.4, 0.5) is 0 Å². The Labute approximate surface area is 97.3 Å². The van der Waals surface area contributed by atoms with E-state index in [0.29, 0.717) is 6.04 Å². The molecule has 0 heterocycles. The van der Waals surface area contributed by atoms with Gasteiger partial charge in [0.25, 0.3) is 0 Å². The Bertz CT molecular complexity index is 308. The normalized spacial score (nSPS) is 12.1. The lowest BCUT2D eigenvalue weighted by atomic mass is 10.0. The minimum atomic E-state index is 0.305. The monoisotopic (exact) mass is 220 g/mol. The molecule has 0 aliphatic carbocycles. The summed E-state index contributed by atoms with van der Waals surface area (Å²) in [6.45, 7) is 3.71. The SMILES string of the molecule is C=CCC(CCc1ccc(OC)cc1)NN. The first kappa shape index (κ1) is 12.7. The van der Waals surface area contributed by atoms with Crippen molar-refractivity contribution in [2.45, 2.75) is 25.3 Å². The average molecular weight is 220 g/mol. The van der Waals surface area contributed by atoms with Gasteiger partial charge < -0.3 is 4.74 Å². The second-order valence-corrected chi connectivity index (χ2v) is 3.77. The maximum atomic E-state index is 5.45. The Balaban J connectivity index is 2.43. The third-order valence-corrected chi connectivity index (χ3v) is 2.63. The number of nitrogens with one attached hydrogen (secondary N) is 1. The molecule has 1 atom stereocenters. The third kappa shape index (κ3) is 4.04. The van der Waals surface area contributed by atoms with E-state index < -0.39 is 0 Å². The lowest BCUT2D eigenvalue weighted by Gasteiger charge is -2.13. The van der Waals surface area contributed by atoms with E-state index in [0.717, 1.165) is 25.0 Å². The smallest absolute Gasteiger partial charge is 0.118 e. The van der Waals surface area contributed by atoms with Gasteiger partial charge in [-0.05, 0) is 37.0 Å². The van der Waals surface area contributed by atoms with E-state index in [9.17, 15) is 0 Å². The Kier molecular flexibility index (Phi) is 5.61. The van der Waals surface area contributed by atoms with E-state index in [-0.39, 0.29) is 0 Å². The zero-order valence-corrected chi connectivity index (χ0v) is 9.78. The number of methoxy groups -OCH3 is 1. The van der Waals surface area contributed by atoms with Gasteiger partial charge in [0.15, 0.2) is 0 Å². The summed E-state index contributed by atoms with van der Waals surface area (Å²) in [5, 5.41) is 0. The number of rotatable bonds is 7. The number of ether oxygens (including phenoxy) is 1. The summed E-state index contributed by atoms with van der Waals surface area (Å²) in [7, 11) is 1.67. The minimum absolute atomic E-state index is 0.305. The third-order valence-electron chi connectivity index (χ3n) is 2.63. The van der Waals surface area contributed by atoms with Crippen molar-refractivity contribution >= 4 is 0 Å². The highest BCUT2D eigenvalue weighted by atomic mass is 16.5. The molecule has 0 aromatic heterocycles. The van der Waals surface area contributed by atoms with Crippen molar-refractivity contribution in [2.75, 3.05) is 7.11 Å². The predicted octanol–water partition coefficient (Wildman–Crippen LogP) is 2.04. The van der Waals surface area contributed by atoms with Crippen LogP contribution < -0.4 is 16.0 Å². The van der Waals surface area contributed by atoms with Gasteiger partial charge in [-0.2, -0.15) is 0 Å². The number of benzene rings is 1. The topological polar surface area (TPSA) is 47.3 Å². The van der Waals surface area contributed by atoms with Crippen molar-refractivity contribution < 1.29 is 4.74 Å². The van der Waals surface area contributed by atoms with Gasteiger partial charge in [0, 0.05) is 6.04 Å². The number of aryl methyl sites for hydroxylation is 1. The molecule has 0 bridgehead atoms. The summed E-state index contributed by atoms with van der Waals surface area (Å²) in [5.74, 6) is 6.34. The molecular weight excluding hydrogens is 200 g/mol. The van der Waals surface area contributed by atoms with Crippen molar-refractivity contribution in [2.24, 2.45) is 5.84 Å². The van der Waals surface area contributed by atoms with Crippen molar-refractivity contribution in [1.82, 2.24) is 5.43 Å². The van der Waals surface area contributed by atoms with Gasteiger partial charge in [0.05, 0.1) is 7.11 Å². The van der Waals surface area contributed by atoms with Crippen molar-refractivity contribution in [3.05, 3.63) is 42.5 Å². The Morgan fingerprint density at radius 3 is 2.62 bits per heavy atom. The van der Waals surface area contributed by atoms with Crippen LogP contribution in [0, 0.1) is 0 Å². The first-order valence-corrected chi connectivity index (χ1v) is 5.50. The lowest BCUT2D eigenvalue weighted by Crippen LogP contribution is -2.34. The fourth-order valence-corrected chi connectivity index (χ4v) is 1.60. The molecule has 3 heteroatoms. The first-order chi connectivity index (χ1) is 7.80. The van der Waals surface area contributed by atoms with Gasteiger partial charge in [0.2, 0.25) is 0 Å². The van der Waals surface area contributed by atoms with E-state index in [2.05, 4.69) is 24.1 Å². The molecule has 0 fully saturated rings. The molecule has 3 N–H and O–H groups in total. The Morgan fingerprint density at radius 2 is 2.12 bits per heavy atom. The van der Waals surface area contributed by atoms with Gasteiger partial charge >= 0.3 is 0 Å². The van der Waals surface area contributed by atoms with E-state index in [1.165, 1.54) is 5.56 Å². The van der Waals surface area contributed by atoms with Gasteiger partial charge in [-0.3, -0.25) is 11.3 Å². The van der Waals surface area contributed by atoms with E-state index >= 15 is 0 Å². The summed E-state index contributed by atoms with van der Waals surface area (Å²) in [6, 6.07) is 8.43. The molecule has 3 nitrogen and oxygen atoms in total. The van der Waals surface area contributed by atoms with Gasteiger partial charge in [-0.1, -0.05) is 18.2 Å². The van der Waals surface area contributed by atoms with Crippen LogP contribution in [0.25, 0.3) is 0 Å². The maximum Gasteiger partial charge on any atom is 0.118 e. The van der Waals surface area contributed by atoms with Crippen molar-refractivity contribution in [3.8, 4) is 5.75 Å². The predicted molar refractivity (Wildman–Crippen MR) is 67.2 cm³/mol. The molecule has 0 aliphatic heterocycles. The molecule has 1 aromatic rings. The zero-order chi connectivity index (χ0) is 11.8. The van der Waals surface area contributed by atoms with Crippen molar-refractivity contribution in [1.29, 1.82) is 0 Å². The van der Waals surface area contributed by atoms with Crippen LogP contribution in [0.1, 0.15) is 18.4 Å². The summed E-state index contributed by atoms with van der Waals surface area (Å²) in [6.07, 6.45) is 4.80. The molecule has 0 radical (unpaired) electrons. The average Bonchev–Trinajstić information content (AvgIpc) is 2.35. The highest BCUT2D eigenvalue weighted by molar-refractivity contribution is 5.27. The lowest BCUT2D eigenvalue weighted by molar-refractivity contribution is 0.414. The van der Waals surface area contributed by atoms with Gasteiger partial charge in [-0.15, -0.1) is 6.58 Å². The summed E-state index contributed by atoms with van der Waals surface area (Å²) in [4.78, 5) is 0. The second-order valence-electron chi connectivity index (χ2n) is 3.77. The van der Waals surface area contributed by atoms with E-state index in [1.54, 1.807) is 7.11 Å². The Hall–Kier alpha value is -1.32. The van der Waals surface area contributed by atoms with Crippen molar-refractivity contribution in [3.63, 3.8) is 0 Å². The number of hydrazine groups is 1. The summed E-state index contributed by atoms with van der Waals surface area (Å²) in [5.41, 5.74) is 4.10. The number of hydrogen-bond donors (Lipinski definition) is 2. The molecule has 0 saturated carbocycles. The molecule has 88 valence electrons. The first-order valence-electron chi connectivity index (χ1n) is 5.50. The molecule has 0 amide bonds. The van der Waals surface area contributed by atoms with Crippen LogP contribution in [-0.4, -0.2) is 13.2 Å². The highest BCUT2D eigenvalue weighted by Crippen LogP contribution is 2.13. The highest BCUT2D eigenvalue weighted by Gasteiger charge is 2.04. The van der Waals surface area contributed by atoms with Crippen LogP contribution >= 0.6 is 0 Å². The standard InChI is InChI=1S/C13H20N2O/c1-3-4-12(15-14)8-5-11-6-9-13(16-2)10-7-11/h3,6-7,9-10,12,15H,1,4-5,8,14H2,2H3. The number of hydrogen-bond acceptors (Lipinski definition) is 3. The maximum absolute atomic E-state index is 5.45. The second kappa shape index (κ2) is 7.04. The Morgan fingerprint density at radius 1 is 1.44 bits per heavy atom. The summed E-state index contributed by atoms with van der Waals surface area (Å²) < 4.78 is 5.11. The molecule has 1 rings (SSSR count). The quantitative estimate of drug-likeness (QED) is 0.420. The summed E-state index contributed by atoms with van der Waals surface area (Å²) >= 11 is 0. The molecule has 1 aromatic carbocycles. The number of nitrogens with two attached hydrogens (primary N) is 1. The fraction of sp³-hybridized carbons (Fsp3) is 0.385.